The number of amides is 2. The number of para-hydroxylation sites is 1. The first-order valence-electron chi connectivity index (χ1n) is 10.0. The molecule has 152 valence electrons. The van der Waals surface area contributed by atoms with Crippen molar-refractivity contribution in [2.24, 2.45) is 5.92 Å². The van der Waals surface area contributed by atoms with Crippen molar-refractivity contribution >= 4 is 17.6 Å². The Hall–Kier alpha value is -3.09. The lowest BCUT2D eigenvalue weighted by molar-refractivity contribution is -0.129. The van der Waals surface area contributed by atoms with Gasteiger partial charge < -0.3 is 19.9 Å². The van der Waals surface area contributed by atoms with Crippen LogP contribution in [0.2, 0.25) is 0 Å². The molecule has 2 amide bonds. The summed E-state index contributed by atoms with van der Waals surface area (Å²) >= 11 is 0. The van der Waals surface area contributed by atoms with Gasteiger partial charge in [-0.2, -0.15) is 0 Å². The third-order valence-corrected chi connectivity index (χ3v) is 5.59. The van der Waals surface area contributed by atoms with Gasteiger partial charge in [0.1, 0.15) is 18.2 Å². The molecule has 1 saturated heterocycles. The molecule has 1 fully saturated rings. The standard InChI is InChI=1S/C22H26N4O3/c1-16(27)25-9-11-26(12-10-25)21-18(6-4-8-23-21)14-24-22(28)19-13-17-5-2-3-7-20(17)29-15-19/h2-8,19H,9-15H2,1H3,(H,24,28)/t19-/m1/s1. The summed E-state index contributed by atoms with van der Waals surface area (Å²) in [7, 11) is 0. The maximum Gasteiger partial charge on any atom is 0.227 e. The van der Waals surface area contributed by atoms with Gasteiger partial charge in [0, 0.05) is 51.4 Å². The van der Waals surface area contributed by atoms with Crippen molar-refractivity contribution in [3.63, 3.8) is 0 Å². The summed E-state index contributed by atoms with van der Waals surface area (Å²) in [5, 5.41) is 3.06. The molecule has 2 aliphatic rings. The van der Waals surface area contributed by atoms with Crippen molar-refractivity contribution in [3.05, 3.63) is 53.7 Å². The molecule has 4 rings (SSSR count). The fraction of sp³-hybridized carbons (Fsp3) is 0.409. The molecule has 1 N–H and O–H groups in total. The number of pyridine rings is 1. The number of ether oxygens (including phenoxy) is 1. The molecule has 1 atom stereocenters. The zero-order valence-corrected chi connectivity index (χ0v) is 16.6. The van der Waals surface area contributed by atoms with Crippen molar-refractivity contribution in [1.29, 1.82) is 0 Å². The van der Waals surface area contributed by atoms with Crippen molar-refractivity contribution in [3.8, 4) is 5.75 Å². The third kappa shape index (κ3) is 4.34. The first kappa shape index (κ1) is 19.2. The van der Waals surface area contributed by atoms with Gasteiger partial charge in [-0.1, -0.05) is 24.3 Å². The summed E-state index contributed by atoms with van der Waals surface area (Å²) in [5.74, 6) is 1.66. The van der Waals surface area contributed by atoms with Crippen molar-refractivity contribution in [1.82, 2.24) is 15.2 Å². The Balaban J connectivity index is 1.37. The number of carbonyl (C=O) groups excluding carboxylic acids is 2. The quantitative estimate of drug-likeness (QED) is 0.853. The Morgan fingerprint density at radius 1 is 1.14 bits per heavy atom. The molecule has 0 bridgehead atoms. The van der Waals surface area contributed by atoms with Crippen LogP contribution in [0, 0.1) is 5.92 Å². The van der Waals surface area contributed by atoms with Crippen molar-refractivity contribution in [2.45, 2.75) is 19.9 Å². The molecule has 7 nitrogen and oxygen atoms in total. The molecule has 1 aromatic carbocycles. The van der Waals surface area contributed by atoms with E-state index in [9.17, 15) is 9.59 Å². The first-order chi connectivity index (χ1) is 14.1. The van der Waals surface area contributed by atoms with Crippen LogP contribution in [0.15, 0.2) is 42.6 Å². The van der Waals surface area contributed by atoms with Gasteiger partial charge in [0.15, 0.2) is 0 Å². The van der Waals surface area contributed by atoms with E-state index >= 15 is 0 Å². The number of anilines is 1. The van der Waals surface area contributed by atoms with E-state index in [-0.39, 0.29) is 17.7 Å². The predicted molar refractivity (Wildman–Crippen MR) is 110 cm³/mol. The minimum Gasteiger partial charge on any atom is -0.492 e. The number of nitrogens with zero attached hydrogens (tertiary/aromatic N) is 3. The summed E-state index contributed by atoms with van der Waals surface area (Å²) in [6.45, 7) is 5.29. The third-order valence-electron chi connectivity index (χ3n) is 5.59. The summed E-state index contributed by atoms with van der Waals surface area (Å²) in [6, 6.07) is 11.7. The van der Waals surface area contributed by atoms with Crippen LogP contribution in [0.3, 0.4) is 0 Å². The van der Waals surface area contributed by atoms with Crippen LogP contribution >= 0.6 is 0 Å². The molecule has 3 heterocycles. The molecule has 7 heteroatoms. The summed E-state index contributed by atoms with van der Waals surface area (Å²) in [4.78, 5) is 32.8. The molecule has 0 unspecified atom stereocenters. The number of rotatable bonds is 4. The van der Waals surface area contributed by atoms with Gasteiger partial charge in [-0.15, -0.1) is 0 Å². The molecule has 2 aromatic rings. The summed E-state index contributed by atoms with van der Waals surface area (Å²) in [6.07, 6.45) is 2.46. The Kier molecular flexibility index (Phi) is 5.64. The fourth-order valence-electron chi connectivity index (χ4n) is 3.91. The van der Waals surface area contributed by atoms with Gasteiger partial charge in [0.2, 0.25) is 11.8 Å². The fourth-order valence-corrected chi connectivity index (χ4v) is 3.91. The number of carbonyl (C=O) groups is 2. The SMILES string of the molecule is CC(=O)N1CCN(c2ncccc2CNC(=O)[C@H]2COc3ccccc3C2)CC1. The normalized spacial score (nSPS) is 18.6. The van der Waals surface area contributed by atoms with Crippen LogP contribution in [-0.2, 0) is 22.6 Å². The van der Waals surface area contributed by atoms with Crippen LogP contribution in [0.1, 0.15) is 18.1 Å². The Labute approximate surface area is 170 Å². The predicted octanol–water partition coefficient (Wildman–Crippen LogP) is 1.62. The van der Waals surface area contributed by atoms with E-state index in [1.54, 1.807) is 13.1 Å². The van der Waals surface area contributed by atoms with Crippen molar-refractivity contribution < 1.29 is 14.3 Å². The van der Waals surface area contributed by atoms with E-state index < -0.39 is 0 Å². The highest BCUT2D eigenvalue weighted by atomic mass is 16.5. The average Bonchev–Trinajstić information content (AvgIpc) is 2.77. The van der Waals surface area contributed by atoms with E-state index in [4.69, 9.17) is 4.74 Å². The number of piperazine rings is 1. The van der Waals surface area contributed by atoms with Gasteiger partial charge in [0.25, 0.3) is 0 Å². The molecular formula is C22H26N4O3. The highest BCUT2D eigenvalue weighted by Gasteiger charge is 2.26. The number of nitrogens with one attached hydrogen (secondary N) is 1. The highest BCUT2D eigenvalue weighted by molar-refractivity contribution is 5.79. The van der Waals surface area contributed by atoms with Crippen LogP contribution in [0.4, 0.5) is 5.82 Å². The summed E-state index contributed by atoms with van der Waals surface area (Å²) in [5.41, 5.74) is 2.05. The average molecular weight is 394 g/mol. The second-order valence-corrected chi connectivity index (χ2v) is 7.52. The lowest BCUT2D eigenvalue weighted by Crippen LogP contribution is -2.48. The van der Waals surface area contributed by atoms with Crippen LogP contribution < -0.4 is 15.0 Å². The number of aromatic nitrogens is 1. The van der Waals surface area contributed by atoms with E-state index in [0.29, 0.717) is 32.7 Å². The number of hydrogen-bond acceptors (Lipinski definition) is 5. The number of fused-ring (bicyclic) bond motifs is 1. The Bertz CT molecular complexity index is 893. The lowest BCUT2D eigenvalue weighted by atomic mass is 9.96. The molecule has 1 aromatic heterocycles. The first-order valence-corrected chi connectivity index (χ1v) is 10.0. The van der Waals surface area contributed by atoms with E-state index in [0.717, 1.165) is 35.8 Å². The topological polar surface area (TPSA) is 74.8 Å². The molecular weight excluding hydrogens is 368 g/mol. The second-order valence-electron chi connectivity index (χ2n) is 7.52. The Morgan fingerprint density at radius 3 is 2.72 bits per heavy atom. The number of hydrogen-bond donors (Lipinski definition) is 1. The van der Waals surface area contributed by atoms with Gasteiger partial charge in [0.05, 0.1) is 5.92 Å². The highest BCUT2D eigenvalue weighted by Crippen LogP contribution is 2.27. The monoisotopic (exact) mass is 394 g/mol. The largest absolute Gasteiger partial charge is 0.492 e. The van der Waals surface area contributed by atoms with Crippen LogP contribution in [0.25, 0.3) is 0 Å². The molecule has 0 aliphatic carbocycles. The van der Waals surface area contributed by atoms with Gasteiger partial charge in [-0.25, -0.2) is 4.98 Å². The maximum absolute atomic E-state index is 12.7. The smallest absolute Gasteiger partial charge is 0.227 e. The second kappa shape index (κ2) is 8.51. The van der Waals surface area contributed by atoms with E-state index in [1.807, 2.05) is 41.3 Å². The lowest BCUT2D eigenvalue weighted by Gasteiger charge is -2.35. The van der Waals surface area contributed by atoms with E-state index in [2.05, 4.69) is 15.2 Å². The summed E-state index contributed by atoms with van der Waals surface area (Å²) < 4.78 is 5.74. The molecule has 0 saturated carbocycles. The molecule has 0 spiro atoms. The molecule has 29 heavy (non-hydrogen) atoms. The van der Waals surface area contributed by atoms with Crippen molar-refractivity contribution in [2.75, 3.05) is 37.7 Å². The van der Waals surface area contributed by atoms with Gasteiger partial charge >= 0.3 is 0 Å². The zero-order chi connectivity index (χ0) is 20.2. The Morgan fingerprint density at radius 2 is 1.93 bits per heavy atom. The van der Waals surface area contributed by atoms with Gasteiger partial charge in [-0.3, -0.25) is 9.59 Å². The maximum atomic E-state index is 12.7. The van der Waals surface area contributed by atoms with E-state index in [1.165, 1.54) is 0 Å². The minimum absolute atomic E-state index is 0.00398. The molecule has 0 radical (unpaired) electrons. The molecule has 2 aliphatic heterocycles. The zero-order valence-electron chi connectivity index (χ0n) is 16.6. The van der Waals surface area contributed by atoms with Crippen LogP contribution in [0.5, 0.6) is 5.75 Å². The van der Waals surface area contributed by atoms with Crippen LogP contribution in [-0.4, -0.2) is 54.5 Å². The minimum atomic E-state index is -0.191. The van der Waals surface area contributed by atoms with Gasteiger partial charge in [-0.05, 0) is 24.1 Å². The number of benzene rings is 1.